The lowest BCUT2D eigenvalue weighted by Gasteiger charge is -2.14. The summed E-state index contributed by atoms with van der Waals surface area (Å²) >= 11 is 0. The SMILES string of the molecule is CCCc1cc(=O)n(CC(N)CC)c(C)n1. The van der Waals surface area contributed by atoms with Crippen molar-refractivity contribution < 1.29 is 0 Å². The average Bonchev–Trinajstić information content (AvgIpc) is 2.23. The first-order valence-electron chi connectivity index (χ1n) is 5.91. The number of aromatic nitrogens is 2. The van der Waals surface area contributed by atoms with E-state index in [0.29, 0.717) is 6.54 Å². The summed E-state index contributed by atoms with van der Waals surface area (Å²) in [6, 6.07) is 1.65. The first kappa shape index (κ1) is 12.9. The van der Waals surface area contributed by atoms with Gasteiger partial charge in [0.05, 0.1) is 0 Å². The Hall–Kier alpha value is -1.16. The fourth-order valence-corrected chi connectivity index (χ4v) is 1.65. The van der Waals surface area contributed by atoms with Crippen LogP contribution < -0.4 is 11.3 Å². The van der Waals surface area contributed by atoms with E-state index in [1.165, 1.54) is 0 Å². The molecule has 1 atom stereocenters. The van der Waals surface area contributed by atoms with Crippen LogP contribution in [0.15, 0.2) is 10.9 Å². The Morgan fingerprint density at radius 3 is 2.69 bits per heavy atom. The summed E-state index contributed by atoms with van der Waals surface area (Å²) in [6.45, 7) is 6.52. The summed E-state index contributed by atoms with van der Waals surface area (Å²) in [5.74, 6) is 0.764. The normalized spacial score (nSPS) is 12.8. The van der Waals surface area contributed by atoms with E-state index in [-0.39, 0.29) is 11.6 Å². The maximum Gasteiger partial charge on any atom is 0.253 e. The van der Waals surface area contributed by atoms with Crippen LogP contribution in [0, 0.1) is 6.92 Å². The zero-order chi connectivity index (χ0) is 12.1. The minimum absolute atomic E-state index is 0.0138. The molecular weight excluding hydrogens is 202 g/mol. The lowest BCUT2D eigenvalue weighted by molar-refractivity contribution is 0.508. The summed E-state index contributed by atoms with van der Waals surface area (Å²) in [6.07, 6.45) is 2.73. The maximum atomic E-state index is 11.9. The minimum Gasteiger partial charge on any atom is -0.326 e. The predicted octanol–water partition coefficient (Wildman–Crippen LogP) is 1.24. The second kappa shape index (κ2) is 5.80. The third-order valence-corrected chi connectivity index (χ3v) is 2.70. The fourth-order valence-electron chi connectivity index (χ4n) is 1.65. The van der Waals surface area contributed by atoms with E-state index in [4.69, 9.17) is 5.73 Å². The van der Waals surface area contributed by atoms with E-state index < -0.39 is 0 Å². The van der Waals surface area contributed by atoms with Crippen molar-refractivity contribution in [1.29, 1.82) is 0 Å². The van der Waals surface area contributed by atoms with Crippen molar-refractivity contribution in [1.82, 2.24) is 9.55 Å². The van der Waals surface area contributed by atoms with E-state index in [2.05, 4.69) is 11.9 Å². The molecule has 0 aliphatic rings. The minimum atomic E-state index is 0.0138. The van der Waals surface area contributed by atoms with E-state index in [0.717, 1.165) is 30.8 Å². The number of rotatable bonds is 5. The summed E-state index contributed by atoms with van der Waals surface area (Å²) < 4.78 is 1.66. The molecular formula is C12H21N3O. The van der Waals surface area contributed by atoms with Gasteiger partial charge in [0.1, 0.15) is 5.82 Å². The number of hydrogen-bond acceptors (Lipinski definition) is 3. The third-order valence-electron chi connectivity index (χ3n) is 2.70. The molecule has 0 radical (unpaired) electrons. The van der Waals surface area contributed by atoms with Crippen LogP contribution in [0.5, 0.6) is 0 Å². The lowest BCUT2D eigenvalue weighted by atomic mass is 10.2. The van der Waals surface area contributed by atoms with Gasteiger partial charge in [-0.2, -0.15) is 0 Å². The third kappa shape index (κ3) is 3.17. The molecule has 0 saturated carbocycles. The van der Waals surface area contributed by atoms with Crippen molar-refractivity contribution in [3.8, 4) is 0 Å². The molecule has 1 unspecified atom stereocenters. The number of aryl methyl sites for hydroxylation is 2. The van der Waals surface area contributed by atoms with Crippen LogP contribution in [0.25, 0.3) is 0 Å². The maximum absolute atomic E-state index is 11.9. The number of hydrogen-bond donors (Lipinski definition) is 1. The highest BCUT2D eigenvalue weighted by atomic mass is 16.1. The van der Waals surface area contributed by atoms with Gasteiger partial charge in [-0.25, -0.2) is 4.98 Å². The molecule has 4 nitrogen and oxygen atoms in total. The second-order valence-electron chi connectivity index (χ2n) is 4.16. The smallest absolute Gasteiger partial charge is 0.253 e. The summed E-state index contributed by atoms with van der Waals surface area (Å²) in [4.78, 5) is 16.3. The van der Waals surface area contributed by atoms with E-state index >= 15 is 0 Å². The molecule has 1 rings (SSSR count). The van der Waals surface area contributed by atoms with Crippen LogP contribution in [0.1, 0.15) is 38.2 Å². The van der Waals surface area contributed by atoms with Crippen LogP contribution in [0.4, 0.5) is 0 Å². The van der Waals surface area contributed by atoms with Crippen LogP contribution >= 0.6 is 0 Å². The quantitative estimate of drug-likeness (QED) is 0.817. The van der Waals surface area contributed by atoms with E-state index in [1.54, 1.807) is 10.6 Å². The monoisotopic (exact) mass is 223 g/mol. The molecule has 4 heteroatoms. The molecule has 0 aliphatic carbocycles. The van der Waals surface area contributed by atoms with Gasteiger partial charge in [-0.05, 0) is 19.8 Å². The van der Waals surface area contributed by atoms with Gasteiger partial charge in [0, 0.05) is 24.3 Å². The Kier molecular flexibility index (Phi) is 4.68. The molecule has 2 N–H and O–H groups in total. The molecule has 0 aliphatic heterocycles. The predicted molar refractivity (Wildman–Crippen MR) is 65.5 cm³/mol. The first-order chi connectivity index (χ1) is 7.58. The van der Waals surface area contributed by atoms with Crippen LogP contribution in [0.2, 0.25) is 0 Å². The highest BCUT2D eigenvalue weighted by molar-refractivity contribution is 5.04. The van der Waals surface area contributed by atoms with Crippen molar-refractivity contribution >= 4 is 0 Å². The molecule has 16 heavy (non-hydrogen) atoms. The van der Waals surface area contributed by atoms with Crippen molar-refractivity contribution in [2.75, 3.05) is 0 Å². The standard InChI is InChI=1S/C12H21N3O/c1-4-6-11-7-12(16)15(9(3)14-11)8-10(13)5-2/h7,10H,4-6,8,13H2,1-3H3. The van der Waals surface area contributed by atoms with Crippen LogP contribution in [-0.4, -0.2) is 15.6 Å². The molecule has 0 bridgehead atoms. The van der Waals surface area contributed by atoms with Crippen molar-refractivity contribution in [3.05, 3.63) is 27.9 Å². The van der Waals surface area contributed by atoms with Gasteiger partial charge in [0.25, 0.3) is 5.56 Å². The molecule has 0 amide bonds. The molecule has 1 aromatic rings. The second-order valence-corrected chi connectivity index (χ2v) is 4.16. The van der Waals surface area contributed by atoms with Gasteiger partial charge < -0.3 is 5.73 Å². The van der Waals surface area contributed by atoms with Crippen molar-refractivity contribution in [2.24, 2.45) is 5.73 Å². The van der Waals surface area contributed by atoms with Gasteiger partial charge in [-0.15, -0.1) is 0 Å². The summed E-state index contributed by atoms with van der Waals surface area (Å²) in [7, 11) is 0. The largest absolute Gasteiger partial charge is 0.326 e. The Labute approximate surface area is 96.5 Å². The first-order valence-corrected chi connectivity index (χ1v) is 5.91. The van der Waals surface area contributed by atoms with Gasteiger partial charge in [0.15, 0.2) is 0 Å². The van der Waals surface area contributed by atoms with Crippen molar-refractivity contribution in [3.63, 3.8) is 0 Å². The van der Waals surface area contributed by atoms with E-state index in [1.807, 2.05) is 13.8 Å². The van der Waals surface area contributed by atoms with Crippen LogP contribution in [-0.2, 0) is 13.0 Å². The highest BCUT2D eigenvalue weighted by Crippen LogP contribution is 2.00. The molecule has 0 spiro atoms. The van der Waals surface area contributed by atoms with Gasteiger partial charge in [-0.1, -0.05) is 20.3 Å². The molecule has 1 aromatic heterocycles. The van der Waals surface area contributed by atoms with Crippen molar-refractivity contribution in [2.45, 2.75) is 52.6 Å². The molecule has 0 aromatic carbocycles. The Morgan fingerprint density at radius 2 is 2.19 bits per heavy atom. The number of nitrogens with zero attached hydrogens (tertiary/aromatic N) is 2. The highest BCUT2D eigenvalue weighted by Gasteiger charge is 2.07. The van der Waals surface area contributed by atoms with Gasteiger partial charge in [-0.3, -0.25) is 9.36 Å². The fraction of sp³-hybridized carbons (Fsp3) is 0.667. The Balaban J connectivity index is 2.98. The van der Waals surface area contributed by atoms with Gasteiger partial charge in [0.2, 0.25) is 0 Å². The zero-order valence-corrected chi connectivity index (χ0v) is 10.4. The molecule has 1 heterocycles. The molecule has 0 saturated heterocycles. The summed E-state index contributed by atoms with van der Waals surface area (Å²) in [5.41, 5.74) is 6.75. The average molecular weight is 223 g/mol. The number of nitrogens with two attached hydrogens (primary N) is 1. The topological polar surface area (TPSA) is 60.9 Å². The molecule has 90 valence electrons. The summed E-state index contributed by atoms with van der Waals surface area (Å²) in [5, 5.41) is 0. The molecule has 0 fully saturated rings. The zero-order valence-electron chi connectivity index (χ0n) is 10.4. The Bertz CT molecular complexity index is 398. The van der Waals surface area contributed by atoms with Crippen LogP contribution in [0.3, 0.4) is 0 Å². The lowest BCUT2D eigenvalue weighted by Crippen LogP contribution is -2.33. The Morgan fingerprint density at radius 1 is 1.50 bits per heavy atom. The van der Waals surface area contributed by atoms with E-state index in [9.17, 15) is 4.79 Å². The van der Waals surface area contributed by atoms with Gasteiger partial charge >= 0.3 is 0 Å².